The summed E-state index contributed by atoms with van der Waals surface area (Å²) in [5.41, 5.74) is 18.5. The van der Waals surface area contributed by atoms with Gasteiger partial charge in [0.2, 0.25) is 0 Å². The fraction of sp³-hybridized carbons (Fsp3) is 0.0377. The van der Waals surface area contributed by atoms with E-state index in [1.54, 1.807) is 0 Å². The molecule has 0 spiro atoms. The number of benzene rings is 8. The Labute approximate surface area is 338 Å². The van der Waals surface area contributed by atoms with Crippen LogP contribution in [0.25, 0.3) is 76.0 Å². The maximum absolute atomic E-state index is 6.23. The van der Waals surface area contributed by atoms with Crippen LogP contribution >= 0.6 is 11.3 Å². The van der Waals surface area contributed by atoms with E-state index >= 15 is 0 Å². The monoisotopic (exact) mass is 753 g/mol. The molecule has 57 heavy (non-hydrogen) atoms. The number of nitrogens with one attached hydrogen (secondary N) is 1. The van der Waals surface area contributed by atoms with Gasteiger partial charge in [0.1, 0.15) is 0 Å². The van der Waals surface area contributed by atoms with E-state index in [0.29, 0.717) is 0 Å². The minimum Gasteiger partial charge on any atom is -0.321 e. The number of aryl methyl sites for hydroxylation is 1. The van der Waals surface area contributed by atoms with E-state index in [2.05, 4.69) is 206 Å². The first-order valence-corrected chi connectivity index (χ1v) is 19.9. The van der Waals surface area contributed by atoms with Gasteiger partial charge in [-0.3, -0.25) is 0 Å². The molecule has 0 aliphatic rings. The standard InChI is InChI=1S/C31H23N.C21H17NS.CH3N/c1-22-9-8-12-24(19-22)26-16-18-31-29(21-26)28-20-25(23-10-4-2-5-11-23)15-17-30(28)32(31)27-13-6-3-7-14-27;22-19(16-6-2-1-3-7-16)13-11-15-10-12-18-17-8-4-5-9-20(17)23-21(18)14-15;1-2/h2-21H,1H3;1-14,19H,22H2;2H,1H2/b;13-11+;. The Bertz CT molecular complexity index is 2960. The number of para-hydroxylation sites is 1. The molecule has 0 radical (unpaired) electrons. The molecule has 8 aromatic carbocycles. The van der Waals surface area contributed by atoms with E-state index in [4.69, 9.17) is 11.1 Å². The van der Waals surface area contributed by atoms with Crippen LogP contribution in [0.15, 0.2) is 200 Å². The van der Waals surface area contributed by atoms with Crippen LogP contribution in [0.3, 0.4) is 0 Å². The molecule has 0 saturated heterocycles. The van der Waals surface area contributed by atoms with Crippen molar-refractivity contribution in [3.63, 3.8) is 0 Å². The van der Waals surface area contributed by atoms with E-state index in [1.165, 1.54) is 81.0 Å². The summed E-state index contributed by atoms with van der Waals surface area (Å²) in [5.74, 6) is 0. The molecule has 0 bridgehead atoms. The molecule has 4 heteroatoms. The van der Waals surface area contributed by atoms with Gasteiger partial charge in [-0.05, 0) is 95.6 Å². The smallest absolute Gasteiger partial charge is 0.0541 e. The number of aromatic nitrogens is 1. The highest BCUT2D eigenvalue weighted by Gasteiger charge is 2.14. The quantitative estimate of drug-likeness (QED) is 0.163. The molecule has 0 aliphatic carbocycles. The van der Waals surface area contributed by atoms with Crippen LogP contribution in [0.4, 0.5) is 0 Å². The zero-order valence-electron chi connectivity index (χ0n) is 31.8. The summed E-state index contributed by atoms with van der Waals surface area (Å²) in [6.07, 6.45) is 4.17. The topological polar surface area (TPSA) is 54.8 Å². The average Bonchev–Trinajstić information content (AvgIpc) is 3.82. The van der Waals surface area contributed by atoms with Crippen molar-refractivity contribution < 1.29 is 0 Å². The summed E-state index contributed by atoms with van der Waals surface area (Å²) in [7, 11) is 0. The maximum Gasteiger partial charge on any atom is 0.0541 e. The number of hydrogen-bond acceptors (Lipinski definition) is 3. The zero-order chi connectivity index (χ0) is 39.1. The minimum absolute atomic E-state index is 0.0747. The number of fused-ring (bicyclic) bond motifs is 6. The lowest BCUT2D eigenvalue weighted by molar-refractivity contribution is 0.916. The van der Waals surface area contributed by atoms with Gasteiger partial charge in [-0.25, -0.2) is 0 Å². The molecule has 1 unspecified atom stereocenters. The van der Waals surface area contributed by atoms with Gasteiger partial charge < -0.3 is 15.7 Å². The van der Waals surface area contributed by atoms with Crippen molar-refractivity contribution in [1.82, 2.24) is 4.57 Å². The zero-order valence-corrected chi connectivity index (χ0v) is 32.7. The Morgan fingerprint density at radius 2 is 1.07 bits per heavy atom. The van der Waals surface area contributed by atoms with E-state index in [1.807, 2.05) is 29.5 Å². The predicted molar refractivity (Wildman–Crippen MR) is 248 cm³/mol. The summed E-state index contributed by atoms with van der Waals surface area (Å²) in [4.78, 5) is 0. The molecule has 3 nitrogen and oxygen atoms in total. The molecule has 0 saturated carbocycles. The Balaban J connectivity index is 0.000000161. The molecule has 10 aromatic rings. The fourth-order valence-corrected chi connectivity index (χ4v) is 8.69. The summed E-state index contributed by atoms with van der Waals surface area (Å²) >= 11 is 1.84. The first-order valence-electron chi connectivity index (χ1n) is 19.1. The second kappa shape index (κ2) is 16.9. The van der Waals surface area contributed by atoms with Crippen molar-refractivity contribution in [2.45, 2.75) is 13.0 Å². The van der Waals surface area contributed by atoms with Crippen LogP contribution in [0.1, 0.15) is 22.7 Å². The minimum atomic E-state index is -0.0747. The third-order valence-corrected chi connectivity index (χ3v) is 11.5. The van der Waals surface area contributed by atoms with Gasteiger partial charge in [0.05, 0.1) is 11.0 Å². The summed E-state index contributed by atoms with van der Waals surface area (Å²) in [6.45, 7) is 4.65. The van der Waals surface area contributed by atoms with Crippen molar-refractivity contribution in [3.8, 4) is 27.9 Å². The SMILES string of the molecule is C=N.Cc1cccc(-c2ccc3c(c2)c2cc(-c4ccccc4)ccc2n3-c2ccccc2)c1.NC(/C=C/c1ccc2c(c1)sc1ccccc12)c1ccccc1. The molecule has 0 aliphatic heterocycles. The molecular weight excluding hydrogens is 711 g/mol. The summed E-state index contributed by atoms with van der Waals surface area (Å²) in [5, 5.41) is 10.7. The largest absolute Gasteiger partial charge is 0.321 e. The lowest BCUT2D eigenvalue weighted by Gasteiger charge is -2.08. The lowest BCUT2D eigenvalue weighted by Crippen LogP contribution is -2.06. The van der Waals surface area contributed by atoms with Gasteiger partial charge in [-0.2, -0.15) is 0 Å². The molecule has 0 amide bonds. The molecule has 276 valence electrons. The summed E-state index contributed by atoms with van der Waals surface area (Å²) < 4.78 is 5.03. The van der Waals surface area contributed by atoms with E-state index in [0.717, 1.165) is 5.56 Å². The highest BCUT2D eigenvalue weighted by molar-refractivity contribution is 7.25. The predicted octanol–water partition coefficient (Wildman–Crippen LogP) is 14.5. The molecule has 0 fully saturated rings. The molecule has 10 rings (SSSR count). The van der Waals surface area contributed by atoms with E-state index in [9.17, 15) is 0 Å². The molecule has 2 heterocycles. The second-order valence-corrected chi connectivity index (χ2v) is 15.1. The van der Waals surface area contributed by atoms with E-state index in [-0.39, 0.29) is 6.04 Å². The van der Waals surface area contributed by atoms with Gasteiger partial charge in [0.25, 0.3) is 0 Å². The molecular formula is C53H43N3S. The Hall–Kier alpha value is -6.85. The first kappa shape index (κ1) is 37.1. The fourth-order valence-electron chi connectivity index (χ4n) is 7.54. The molecule has 2 aromatic heterocycles. The van der Waals surface area contributed by atoms with Crippen molar-refractivity contribution in [2.75, 3.05) is 0 Å². The average molecular weight is 754 g/mol. The van der Waals surface area contributed by atoms with Crippen LogP contribution in [0.2, 0.25) is 0 Å². The number of thiophene rings is 1. The first-order chi connectivity index (χ1) is 28.1. The van der Waals surface area contributed by atoms with Crippen LogP contribution in [0.5, 0.6) is 0 Å². The molecule has 3 N–H and O–H groups in total. The van der Waals surface area contributed by atoms with Gasteiger partial charge in [-0.15, -0.1) is 11.3 Å². The van der Waals surface area contributed by atoms with Crippen LogP contribution in [0, 0.1) is 12.3 Å². The van der Waals surface area contributed by atoms with Crippen molar-refractivity contribution in [2.24, 2.45) is 5.73 Å². The number of nitrogens with zero attached hydrogens (tertiary/aromatic N) is 1. The van der Waals surface area contributed by atoms with Crippen LogP contribution in [-0.4, -0.2) is 11.3 Å². The Morgan fingerprint density at radius 1 is 0.509 bits per heavy atom. The van der Waals surface area contributed by atoms with Crippen LogP contribution < -0.4 is 5.73 Å². The number of nitrogens with two attached hydrogens (primary N) is 1. The van der Waals surface area contributed by atoms with Gasteiger partial charge in [0, 0.05) is 42.7 Å². The normalized spacial score (nSPS) is 11.7. The number of hydrogen-bond donors (Lipinski definition) is 2. The Kier molecular flexibility index (Phi) is 11.0. The van der Waals surface area contributed by atoms with Gasteiger partial charge in [-0.1, -0.05) is 163 Å². The third kappa shape index (κ3) is 7.83. The summed E-state index contributed by atoms with van der Waals surface area (Å²) in [6, 6.07) is 69.0. The van der Waals surface area contributed by atoms with Gasteiger partial charge in [0.15, 0.2) is 0 Å². The highest BCUT2D eigenvalue weighted by Crippen LogP contribution is 2.38. The van der Waals surface area contributed by atoms with Crippen molar-refractivity contribution in [1.29, 1.82) is 5.41 Å². The van der Waals surface area contributed by atoms with Gasteiger partial charge >= 0.3 is 0 Å². The highest BCUT2D eigenvalue weighted by atomic mass is 32.1. The van der Waals surface area contributed by atoms with Crippen molar-refractivity contribution in [3.05, 3.63) is 217 Å². The molecule has 1 atom stereocenters. The maximum atomic E-state index is 6.23. The third-order valence-electron chi connectivity index (χ3n) is 10.3. The van der Waals surface area contributed by atoms with Crippen molar-refractivity contribution >= 4 is 66.1 Å². The van der Waals surface area contributed by atoms with Crippen LogP contribution in [-0.2, 0) is 0 Å². The number of rotatable bonds is 6. The second-order valence-electron chi connectivity index (χ2n) is 14.0. The lowest BCUT2D eigenvalue weighted by atomic mass is 9.99. The Morgan fingerprint density at radius 3 is 1.75 bits per heavy atom. The van der Waals surface area contributed by atoms with E-state index < -0.39 is 0 Å².